The maximum absolute atomic E-state index is 12.4. The van der Waals surface area contributed by atoms with Crippen LogP contribution in [0.15, 0.2) is 24.3 Å². The van der Waals surface area contributed by atoms with Crippen molar-refractivity contribution in [1.29, 1.82) is 0 Å². The van der Waals surface area contributed by atoms with Gasteiger partial charge in [-0.2, -0.15) is 0 Å². The molecule has 1 aliphatic rings. The van der Waals surface area contributed by atoms with Crippen molar-refractivity contribution in [1.82, 2.24) is 0 Å². The van der Waals surface area contributed by atoms with Crippen molar-refractivity contribution in [2.45, 2.75) is 25.8 Å². The molecule has 3 N–H and O–H groups in total. The van der Waals surface area contributed by atoms with E-state index < -0.39 is 5.54 Å². The van der Waals surface area contributed by atoms with Crippen LogP contribution in [-0.2, 0) is 9.59 Å². The molecule has 2 amide bonds. The summed E-state index contributed by atoms with van der Waals surface area (Å²) in [5.74, 6) is -0.429. The molecule has 0 aromatic heterocycles. The zero-order valence-corrected chi connectivity index (χ0v) is 10.6. The number of carbonyl (C=O) groups excluding carboxylic acids is 2. The molecule has 0 bridgehead atoms. The predicted molar refractivity (Wildman–Crippen MR) is 70.3 cm³/mol. The van der Waals surface area contributed by atoms with Crippen molar-refractivity contribution in [3.63, 3.8) is 0 Å². The third kappa shape index (κ3) is 2.09. The van der Waals surface area contributed by atoms with Crippen molar-refractivity contribution in [3.05, 3.63) is 24.3 Å². The Morgan fingerprint density at radius 2 is 2.17 bits per heavy atom. The molecule has 0 spiro atoms. The molecule has 0 fully saturated rings. The first-order chi connectivity index (χ1) is 8.45. The van der Waals surface area contributed by atoms with Gasteiger partial charge < -0.3 is 11.1 Å². The van der Waals surface area contributed by atoms with E-state index in [1.807, 2.05) is 19.1 Å². The van der Waals surface area contributed by atoms with E-state index in [1.54, 1.807) is 19.1 Å². The number of nitrogens with one attached hydrogen (secondary N) is 1. The Morgan fingerprint density at radius 3 is 2.83 bits per heavy atom. The van der Waals surface area contributed by atoms with Crippen molar-refractivity contribution in [3.8, 4) is 0 Å². The summed E-state index contributed by atoms with van der Waals surface area (Å²) in [6.07, 6.45) is 0.520. The minimum Gasteiger partial charge on any atom is -0.323 e. The number of hydrogen-bond donors (Lipinski definition) is 2. The molecule has 1 heterocycles. The van der Waals surface area contributed by atoms with E-state index >= 15 is 0 Å². The van der Waals surface area contributed by atoms with Crippen molar-refractivity contribution >= 4 is 23.2 Å². The second-order valence-corrected chi connectivity index (χ2v) is 4.73. The Balaban J connectivity index is 2.41. The number of anilines is 2. The topological polar surface area (TPSA) is 75.4 Å². The van der Waals surface area contributed by atoms with Crippen LogP contribution in [0, 0.1) is 0 Å². The number of nitrogens with two attached hydrogens (primary N) is 1. The largest absolute Gasteiger partial charge is 0.323 e. The van der Waals surface area contributed by atoms with Gasteiger partial charge in [0, 0.05) is 0 Å². The molecule has 18 heavy (non-hydrogen) atoms. The second kappa shape index (κ2) is 4.42. The van der Waals surface area contributed by atoms with E-state index in [2.05, 4.69) is 5.32 Å². The molecule has 0 radical (unpaired) electrons. The highest BCUT2D eigenvalue weighted by atomic mass is 16.2. The van der Waals surface area contributed by atoms with Gasteiger partial charge in [0.05, 0.1) is 16.9 Å². The molecular weight excluding hydrogens is 230 g/mol. The van der Waals surface area contributed by atoms with E-state index in [0.717, 1.165) is 0 Å². The Bertz CT molecular complexity index is 497. The molecular formula is C13H17N3O2. The standard InChI is InChI=1S/C13H17N3O2/c1-3-13(2,14)12(18)16-8-11(17)15-9-6-4-5-7-10(9)16/h4-7H,3,8,14H2,1-2H3,(H,15,17). The summed E-state index contributed by atoms with van der Waals surface area (Å²) in [4.78, 5) is 25.4. The summed E-state index contributed by atoms with van der Waals surface area (Å²) < 4.78 is 0. The molecule has 1 unspecified atom stereocenters. The third-order valence-corrected chi connectivity index (χ3v) is 3.24. The van der Waals surface area contributed by atoms with Crippen molar-refractivity contribution < 1.29 is 9.59 Å². The number of amides is 2. The number of fused-ring (bicyclic) bond motifs is 1. The van der Waals surface area contributed by atoms with Crippen molar-refractivity contribution in [2.75, 3.05) is 16.8 Å². The van der Waals surface area contributed by atoms with E-state index in [9.17, 15) is 9.59 Å². The smallest absolute Gasteiger partial charge is 0.247 e. The Hall–Kier alpha value is -1.88. The number of rotatable bonds is 2. The Kier molecular flexibility index (Phi) is 3.09. The van der Waals surface area contributed by atoms with Crippen LogP contribution >= 0.6 is 0 Å². The monoisotopic (exact) mass is 247 g/mol. The van der Waals surface area contributed by atoms with E-state index in [0.29, 0.717) is 17.8 Å². The maximum atomic E-state index is 12.4. The molecule has 0 saturated heterocycles. The number of para-hydroxylation sites is 2. The summed E-state index contributed by atoms with van der Waals surface area (Å²) in [6.45, 7) is 3.56. The lowest BCUT2D eigenvalue weighted by molar-refractivity contribution is -0.125. The molecule has 1 atom stereocenters. The molecule has 0 saturated carbocycles. The van der Waals surface area contributed by atoms with Crippen LogP contribution in [0.5, 0.6) is 0 Å². The van der Waals surface area contributed by atoms with Crippen LogP contribution in [0.3, 0.4) is 0 Å². The zero-order valence-electron chi connectivity index (χ0n) is 10.6. The molecule has 2 rings (SSSR count). The fourth-order valence-electron chi connectivity index (χ4n) is 1.87. The average molecular weight is 247 g/mol. The van der Waals surface area contributed by atoms with Gasteiger partial charge in [-0.05, 0) is 25.5 Å². The van der Waals surface area contributed by atoms with Gasteiger partial charge in [0.15, 0.2) is 0 Å². The van der Waals surface area contributed by atoms with Crippen LogP contribution < -0.4 is 16.0 Å². The van der Waals surface area contributed by atoms with Gasteiger partial charge in [-0.25, -0.2) is 0 Å². The number of benzene rings is 1. The van der Waals surface area contributed by atoms with Crippen molar-refractivity contribution in [2.24, 2.45) is 5.73 Å². The van der Waals surface area contributed by atoms with Gasteiger partial charge >= 0.3 is 0 Å². The van der Waals surface area contributed by atoms with Gasteiger partial charge in [-0.15, -0.1) is 0 Å². The minimum absolute atomic E-state index is 0.0165. The van der Waals surface area contributed by atoms with Crippen LogP contribution in [-0.4, -0.2) is 23.9 Å². The van der Waals surface area contributed by atoms with Crippen LogP contribution in [0.4, 0.5) is 11.4 Å². The first-order valence-corrected chi connectivity index (χ1v) is 5.95. The molecule has 96 valence electrons. The van der Waals surface area contributed by atoms with Crippen LogP contribution in [0.2, 0.25) is 0 Å². The quantitative estimate of drug-likeness (QED) is 0.821. The lowest BCUT2D eigenvalue weighted by Crippen LogP contribution is -2.56. The molecule has 1 aromatic rings. The SMILES string of the molecule is CCC(C)(N)C(=O)N1CC(=O)Nc2ccccc21. The van der Waals surface area contributed by atoms with Gasteiger partial charge in [-0.1, -0.05) is 19.1 Å². The zero-order chi connectivity index (χ0) is 13.3. The summed E-state index contributed by atoms with van der Waals surface area (Å²) in [5, 5.41) is 2.74. The summed E-state index contributed by atoms with van der Waals surface area (Å²) in [5.41, 5.74) is 6.36. The minimum atomic E-state index is -0.954. The van der Waals surface area contributed by atoms with Crippen LogP contribution in [0.25, 0.3) is 0 Å². The fourth-order valence-corrected chi connectivity index (χ4v) is 1.87. The second-order valence-electron chi connectivity index (χ2n) is 4.73. The normalized spacial score (nSPS) is 17.7. The highest BCUT2D eigenvalue weighted by Gasteiger charge is 2.35. The third-order valence-electron chi connectivity index (χ3n) is 3.24. The van der Waals surface area contributed by atoms with E-state index in [4.69, 9.17) is 5.73 Å². The predicted octanol–water partition coefficient (Wildman–Crippen LogP) is 1.10. The molecule has 1 aliphatic heterocycles. The maximum Gasteiger partial charge on any atom is 0.247 e. The summed E-state index contributed by atoms with van der Waals surface area (Å²) in [7, 11) is 0. The fraction of sp³-hybridized carbons (Fsp3) is 0.385. The van der Waals surface area contributed by atoms with E-state index in [-0.39, 0.29) is 18.4 Å². The number of nitrogens with zero attached hydrogens (tertiary/aromatic N) is 1. The highest BCUT2D eigenvalue weighted by Crippen LogP contribution is 2.30. The number of hydrogen-bond acceptors (Lipinski definition) is 3. The lowest BCUT2D eigenvalue weighted by Gasteiger charge is -2.34. The summed E-state index contributed by atoms with van der Waals surface area (Å²) >= 11 is 0. The Labute approximate surface area is 106 Å². The average Bonchev–Trinajstić information content (AvgIpc) is 2.36. The first kappa shape index (κ1) is 12.6. The molecule has 1 aromatic carbocycles. The lowest BCUT2D eigenvalue weighted by atomic mass is 9.97. The van der Waals surface area contributed by atoms with Gasteiger partial charge in [0.1, 0.15) is 6.54 Å². The Morgan fingerprint density at radius 1 is 1.50 bits per heavy atom. The first-order valence-electron chi connectivity index (χ1n) is 5.95. The highest BCUT2D eigenvalue weighted by molar-refractivity contribution is 6.12. The molecule has 0 aliphatic carbocycles. The van der Waals surface area contributed by atoms with E-state index in [1.165, 1.54) is 4.90 Å². The summed E-state index contributed by atoms with van der Waals surface area (Å²) in [6, 6.07) is 7.22. The molecule has 5 heteroatoms. The van der Waals surface area contributed by atoms with Gasteiger partial charge in [0.25, 0.3) is 0 Å². The van der Waals surface area contributed by atoms with Gasteiger partial charge in [0.2, 0.25) is 11.8 Å². The molecule has 5 nitrogen and oxygen atoms in total. The number of carbonyl (C=O) groups is 2. The van der Waals surface area contributed by atoms with Gasteiger partial charge in [-0.3, -0.25) is 14.5 Å². The van der Waals surface area contributed by atoms with Crippen LogP contribution in [0.1, 0.15) is 20.3 Å².